The lowest BCUT2D eigenvalue weighted by atomic mass is 10.0. The molecule has 7 nitrogen and oxygen atoms in total. The van der Waals surface area contributed by atoms with Gasteiger partial charge in [0.1, 0.15) is 0 Å². The summed E-state index contributed by atoms with van der Waals surface area (Å²) < 4.78 is 1.19. The average molecular weight is 536 g/mol. The fourth-order valence-corrected chi connectivity index (χ4v) is 5.85. The predicted molar refractivity (Wildman–Crippen MR) is 144 cm³/mol. The maximum absolute atomic E-state index is 13.0. The monoisotopic (exact) mass is 535 g/mol. The molecule has 0 bridgehead atoms. The first-order valence-electron chi connectivity index (χ1n) is 12.0. The van der Waals surface area contributed by atoms with E-state index in [2.05, 4.69) is 27.8 Å². The Kier molecular flexibility index (Phi) is 7.53. The van der Waals surface area contributed by atoms with E-state index in [1.165, 1.54) is 9.60 Å². The molecule has 0 spiro atoms. The van der Waals surface area contributed by atoms with E-state index < -0.39 is 24.0 Å². The Morgan fingerprint density at radius 1 is 1.11 bits per heavy atom. The van der Waals surface area contributed by atoms with Crippen LogP contribution in [0.4, 0.5) is 0 Å². The minimum absolute atomic E-state index is 0.101. The van der Waals surface area contributed by atoms with Crippen LogP contribution < -0.4 is 5.32 Å². The number of pyridine rings is 1. The summed E-state index contributed by atoms with van der Waals surface area (Å²) in [4.78, 5) is 31.5. The number of aliphatic hydroxyl groups excluding tert-OH is 2. The highest BCUT2D eigenvalue weighted by atomic mass is 35.5. The quantitative estimate of drug-likeness (QED) is 0.327. The predicted octanol–water partition coefficient (Wildman–Crippen LogP) is 4.32. The lowest BCUT2D eigenvalue weighted by Crippen LogP contribution is -2.50. The van der Waals surface area contributed by atoms with Gasteiger partial charge in [0.05, 0.1) is 11.7 Å². The second-order valence-corrected chi connectivity index (χ2v) is 10.4. The van der Waals surface area contributed by atoms with E-state index >= 15 is 0 Å². The molecule has 1 aliphatic rings. The van der Waals surface area contributed by atoms with Crippen molar-refractivity contribution in [2.45, 2.75) is 37.6 Å². The van der Waals surface area contributed by atoms with Gasteiger partial charge in [-0.05, 0) is 48.2 Å². The second kappa shape index (κ2) is 11.0. The molecule has 3 atom stereocenters. The van der Waals surface area contributed by atoms with E-state index in [9.17, 15) is 19.8 Å². The molecule has 3 heterocycles. The molecule has 1 unspecified atom stereocenters. The van der Waals surface area contributed by atoms with Crippen molar-refractivity contribution in [1.29, 1.82) is 0 Å². The highest BCUT2D eigenvalue weighted by Crippen LogP contribution is 2.34. The zero-order valence-electron chi connectivity index (χ0n) is 19.9. The normalized spacial score (nSPS) is 17.1. The number of hydrogen-bond acceptors (Lipinski definition) is 6. The summed E-state index contributed by atoms with van der Waals surface area (Å²) in [5.74, 6) is -1.51. The summed E-state index contributed by atoms with van der Waals surface area (Å²) in [6.07, 6.45) is -0.631. The van der Waals surface area contributed by atoms with Gasteiger partial charge in [-0.15, -0.1) is 11.3 Å². The minimum atomic E-state index is -1.89. The number of carbonyl (C=O) groups is 2. The summed E-state index contributed by atoms with van der Waals surface area (Å²) in [6, 6.07) is 18.8. The number of likely N-dealkylation sites (tertiary alicyclic amines) is 1. The zero-order chi connectivity index (χ0) is 25.9. The molecular formula is C28H26ClN3O4S. The smallest absolute Gasteiger partial charge is 0.255 e. The van der Waals surface area contributed by atoms with Crippen LogP contribution in [0.25, 0.3) is 21.3 Å². The van der Waals surface area contributed by atoms with Crippen LogP contribution in [0.1, 0.15) is 30.0 Å². The van der Waals surface area contributed by atoms with Crippen molar-refractivity contribution in [1.82, 2.24) is 15.2 Å². The molecule has 9 heteroatoms. The summed E-state index contributed by atoms with van der Waals surface area (Å²) >= 11 is 7.76. The van der Waals surface area contributed by atoms with Crippen molar-refractivity contribution < 1.29 is 19.8 Å². The Balaban J connectivity index is 1.19. The van der Waals surface area contributed by atoms with Crippen LogP contribution in [-0.4, -0.2) is 50.7 Å². The highest BCUT2D eigenvalue weighted by Gasteiger charge is 2.38. The van der Waals surface area contributed by atoms with E-state index in [1.807, 2.05) is 30.3 Å². The number of carbonyl (C=O) groups excluding carboxylic acids is 2. The van der Waals surface area contributed by atoms with Gasteiger partial charge in [-0.1, -0.05) is 48.0 Å². The lowest BCUT2D eigenvalue weighted by Gasteiger charge is -2.28. The Labute approximate surface area is 223 Å². The molecular weight excluding hydrogens is 510 g/mol. The molecule has 0 radical (unpaired) electrons. The number of benzene rings is 2. The Hall–Kier alpha value is -3.30. The van der Waals surface area contributed by atoms with Gasteiger partial charge in [0, 0.05) is 45.3 Å². The van der Waals surface area contributed by atoms with Gasteiger partial charge in [0.15, 0.2) is 12.2 Å². The standard InChI is InChI=1S/C28H26ClN3O4S/c29-19-6-3-5-18(13-19)23-8-4-12-32(23)28(36)26(34)25(33)27(35)31-15-17-10-11-22(30-14-17)21-16-37-24-9-2-1-7-20(21)24/h1-3,5-7,9-11,13-14,16,23,25-26,33-34H,4,8,12,15H2,(H,31,35)/t23?,25-,26-/m1/s1. The number of aromatic nitrogens is 1. The van der Waals surface area contributed by atoms with Gasteiger partial charge >= 0.3 is 0 Å². The number of hydrogen-bond donors (Lipinski definition) is 3. The summed E-state index contributed by atoms with van der Waals surface area (Å²) in [5, 5.41) is 27.3. The van der Waals surface area contributed by atoms with E-state index in [0.717, 1.165) is 34.2 Å². The Bertz CT molecular complexity index is 1420. The summed E-state index contributed by atoms with van der Waals surface area (Å²) in [5.41, 5.74) is 3.46. The second-order valence-electron chi connectivity index (χ2n) is 9.05. The molecule has 2 aromatic carbocycles. The summed E-state index contributed by atoms with van der Waals surface area (Å²) in [6.45, 7) is 0.530. The van der Waals surface area contributed by atoms with Gasteiger partial charge in [-0.2, -0.15) is 0 Å². The van der Waals surface area contributed by atoms with E-state index in [1.54, 1.807) is 35.7 Å². The number of fused-ring (bicyclic) bond motifs is 1. The largest absolute Gasteiger partial charge is 0.380 e. The molecule has 2 amide bonds. The van der Waals surface area contributed by atoms with Gasteiger partial charge in [0.2, 0.25) is 0 Å². The van der Waals surface area contributed by atoms with Crippen LogP contribution >= 0.6 is 22.9 Å². The van der Waals surface area contributed by atoms with Crippen molar-refractivity contribution in [3.05, 3.63) is 88.4 Å². The van der Waals surface area contributed by atoms with Gasteiger partial charge in [-0.25, -0.2) is 0 Å². The maximum Gasteiger partial charge on any atom is 0.255 e. The molecule has 0 aliphatic carbocycles. The molecule has 5 rings (SSSR count). The molecule has 1 aliphatic heterocycles. The highest BCUT2D eigenvalue weighted by molar-refractivity contribution is 7.17. The van der Waals surface area contributed by atoms with Gasteiger partial charge < -0.3 is 20.4 Å². The first kappa shape index (κ1) is 25.4. The SMILES string of the molecule is O=C(NCc1ccc(-c2csc3ccccc23)nc1)[C@H](O)[C@@H](O)C(=O)N1CCCC1c1cccc(Cl)c1. The van der Waals surface area contributed by atoms with Crippen LogP contribution in [0, 0.1) is 0 Å². The van der Waals surface area contributed by atoms with Crippen LogP contribution in [0.5, 0.6) is 0 Å². The third kappa shape index (κ3) is 5.38. The Morgan fingerprint density at radius 2 is 1.95 bits per heavy atom. The third-order valence-corrected chi connectivity index (χ3v) is 7.84. The summed E-state index contributed by atoms with van der Waals surface area (Å²) in [7, 11) is 0. The number of nitrogens with one attached hydrogen (secondary N) is 1. The first-order chi connectivity index (χ1) is 17.9. The fraction of sp³-hybridized carbons (Fsp3) is 0.250. The van der Waals surface area contributed by atoms with Gasteiger partial charge in [0.25, 0.3) is 11.8 Å². The molecule has 37 heavy (non-hydrogen) atoms. The number of rotatable bonds is 7. The van der Waals surface area contributed by atoms with E-state index in [4.69, 9.17) is 11.6 Å². The molecule has 3 N–H and O–H groups in total. The molecule has 1 fully saturated rings. The molecule has 4 aromatic rings. The maximum atomic E-state index is 13.0. The number of halogens is 1. The topological polar surface area (TPSA) is 103 Å². The van der Waals surface area contributed by atoms with Crippen LogP contribution in [0.15, 0.2) is 72.2 Å². The molecule has 1 saturated heterocycles. The Morgan fingerprint density at radius 3 is 2.73 bits per heavy atom. The van der Waals surface area contributed by atoms with Crippen LogP contribution in [0.3, 0.4) is 0 Å². The average Bonchev–Trinajstić information content (AvgIpc) is 3.58. The van der Waals surface area contributed by atoms with Crippen molar-refractivity contribution in [3.8, 4) is 11.3 Å². The number of nitrogens with zero attached hydrogens (tertiary/aromatic N) is 2. The first-order valence-corrected chi connectivity index (χ1v) is 13.3. The third-order valence-electron chi connectivity index (χ3n) is 6.64. The lowest BCUT2D eigenvalue weighted by molar-refractivity contribution is -0.153. The van der Waals surface area contributed by atoms with Crippen LogP contribution in [-0.2, 0) is 16.1 Å². The van der Waals surface area contributed by atoms with Crippen molar-refractivity contribution in [2.24, 2.45) is 0 Å². The van der Waals surface area contributed by atoms with Gasteiger partial charge in [-0.3, -0.25) is 14.6 Å². The van der Waals surface area contributed by atoms with Crippen molar-refractivity contribution >= 4 is 44.8 Å². The zero-order valence-corrected chi connectivity index (χ0v) is 21.5. The van der Waals surface area contributed by atoms with Crippen LogP contribution in [0.2, 0.25) is 5.02 Å². The fourth-order valence-electron chi connectivity index (χ4n) is 4.70. The number of aliphatic hydroxyl groups is 2. The molecule has 0 saturated carbocycles. The van der Waals surface area contributed by atoms with E-state index in [-0.39, 0.29) is 12.6 Å². The number of thiophene rings is 1. The van der Waals surface area contributed by atoms with E-state index in [0.29, 0.717) is 18.0 Å². The molecule has 190 valence electrons. The number of amides is 2. The van der Waals surface area contributed by atoms with Crippen molar-refractivity contribution in [2.75, 3.05) is 6.54 Å². The molecule has 2 aromatic heterocycles. The minimum Gasteiger partial charge on any atom is -0.380 e. The van der Waals surface area contributed by atoms with Crippen molar-refractivity contribution in [3.63, 3.8) is 0 Å².